The second-order valence-electron chi connectivity index (χ2n) is 9.33. The first-order chi connectivity index (χ1) is 17.4. The van der Waals surface area contributed by atoms with Gasteiger partial charge in [0.2, 0.25) is 17.7 Å². The zero-order chi connectivity index (χ0) is 28.1. The summed E-state index contributed by atoms with van der Waals surface area (Å²) in [7, 11) is 0. The molecule has 0 saturated heterocycles. The van der Waals surface area contributed by atoms with Gasteiger partial charge in [0.15, 0.2) is 5.96 Å². The Morgan fingerprint density at radius 2 is 1.70 bits per heavy atom. The minimum atomic E-state index is -1.24. The van der Waals surface area contributed by atoms with Crippen molar-refractivity contribution in [3.05, 3.63) is 18.2 Å². The summed E-state index contributed by atoms with van der Waals surface area (Å²) < 4.78 is 0. The van der Waals surface area contributed by atoms with Crippen molar-refractivity contribution >= 4 is 29.7 Å². The summed E-state index contributed by atoms with van der Waals surface area (Å²) in [6.07, 6.45) is 4.00. The number of hydrogen-bond acceptors (Lipinski definition) is 7. The average molecular weight is 524 g/mol. The molecule has 14 heteroatoms. The molecule has 0 aliphatic carbocycles. The number of carbonyl (C=O) groups is 4. The van der Waals surface area contributed by atoms with Gasteiger partial charge in [-0.3, -0.25) is 19.4 Å². The molecule has 0 radical (unpaired) electrons. The van der Waals surface area contributed by atoms with Crippen LogP contribution in [-0.2, 0) is 25.6 Å². The third-order valence-corrected chi connectivity index (χ3v) is 5.98. The number of nitrogens with one attached hydrogen (secondary N) is 4. The highest BCUT2D eigenvalue weighted by Crippen LogP contribution is 2.09. The van der Waals surface area contributed by atoms with Crippen molar-refractivity contribution in [2.45, 2.75) is 77.5 Å². The first-order valence-electron chi connectivity index (χ1n) is 12.3. The number of nitrogens with zero attached hydrogens (tertiary/aromatic N) is 2. The topological polar surface area (TPSA) is 244 Å². The van der Waals surface area contributed by atoms with Gasteiger partial charge in [0.1, 0.15) is 18.1 Å². The molecule has 208 valence electrons. The molecule has 37 heavy (non-hydrogen) atoms. The number of carboxylic acid groups (broad SMARTS) is 1. The van der Waals surface area contributed by atoms with Crippen LogP contribution in [0.15, 0.2) is 17.5 Å². The van der Waals surface area contributed by atoms with Gasteiger partial charge in [-0.1, -0.05) is 34.1 Å². The lowest BCUT2D eigenvalue weighted by atomic mass is 9.97. The highest BCUT2D eigenvalue weighted by Gasteiger charge is 2.32. The predicted molar refractivity (Wildman–Crippen MR) is 138 cm³/mol. The number of hydrogen-bond donors (Lipinski definition) is 8. The van der Waals surface area contributed by atoms with E-state index in [0.717, 1.165) is 0 Å². The van der Waals surface area contributed by atoms with E-state index in [9.17, 15) is 24.3 Å². The minimum absolute atomic E-state index is 0.0169. The van der Waals surface area contributed by atoms with Gasteiger partial charge in [0.25, 0.3) is 0 Å². The number of carboxylic acids is 1. The molecule has 5 unspecified atom stereocenters. The van der Waals surface area contributed by atoms with Crippen molar-refractivity contribution in [3.63, 3.8) is 0 Å². The molecule has 0 aliphatic rings. The van der Waals surface area contributed by atoms with Crippen LogP contribution in [0.4, 0.5) is 0 Å². The summed E-state index contributed by atoms with van der Waals surface area (Å²) in [5.41, 5.74) is 17.1. The number of nitrogens with two attached hydrogens (primary N) is 3. The fraction of sp³-hybridized carbons (Fsp3) is 0.652. The van der Waals surface area contributed by atoms with E-state index < -0.39 is 47.9 Å². The van der Waals surface area contributed by atoms with Gasteiger partial charge < -0.3 is 43.2 Å². The van der Waals surface area contributed by atoms with Crippen LogP contribution >= 0.6 is 0 Å². The van der Waals surface area contributed by atoms with Gasteiger partial charge >= 0.3 is 5.97 Å². The molecule has 0 bridgehead atoms. The third kappa shape index (κ3) is 10.9. The molecule has 1 aromatic heterocycles. The molecule has 0 fully saturated rings. The van der Waals surface area contributed by atoms with E-state index in [-0.39, 0.29) is 37.2 Å². The maximum Gasteiger partial charge on any atom is 0.326 e. The molecule has 0 aromatic carbocycles. The van der Waals surface area contributed by atoms with Gasteiger partial charge in [-0.2, -0.15) is 0 Å². The minimum Gasteiger partial charge on any atom is -0.480 e. The van der Waals surface area contributed by atoms with Crippen molar-refractivity contribution in [2.24, 2.45) is 34.0 Å². The van der Waals surface area contributed by atoms with E-state index in [1.165, 1.54) is 12.5 Å². The lowest BCUT2D eigenvalue weighted by Gasteiger charge is -2.27. The summed E-state index contributed by atoms with van der Waals surface area (Å²) >= 11 is 0. The van der Waals surface area contributed by atoms with Crippen LogP contribution in [0.3, 0.4) is 0 Å². The molecular formula is C23H41N9O5. The summed E-state index contributed by atoms with van der Waals surface area (Å²) in [5, 5.41) is 17.4. The van der Waals surface area contributed by atoms with E-state index in [1.807, 2.05) is 13.8 Å². The summed E-state index contributed by atoms with van der Waals surface area (Å²) in [6, 6.07) is -4.13. The molecule has 3 amide bonds. The first-order valence-corrected chi connectivity index (χ1v) is 12.3. The smallest absolute Gasteiger partial charge is 0.326 e. The van der Waals surface area contributed by atoms with Crippen molar-refractivity contribution in [3.8, 4) is 0 Å². The molecule has 14 nitrogen and oxygen atoms in total. The number of amides is 3. The number of guanidine groups is 1. The number of aromatic amines is 1. The molecule has 0 spiro atoms. The van der Waals surface area contributed by atoms with Crippen LogP contribution < -0.4 is 33.2 Å². The maximum atomic E-state index is 13.2. The molecular weight excluding hydrogens is 482 g/mol. The number of H-pyrrole nitrogens is 1. The SMILES string of the molecule is CCC(C)C(N)C(=O)NC(C(=O)NC(Cc1cnc[nH]1)C(=O)NC(CCCN=C(N)N)C(=O)O)C(C)C. The van der Waals surface area contributed by atoms with E-state index in [0.29, 0.717) is 18.5 Å². The zero-order valence-corrected chi connectivity index (χ0v) is 21.9. The highest BCUT2D eigenvalue weighted by molar-refractivity contribution is 5.94. The molecule has 1 aromatic rings. The molecule has 0 saturated carbocycles. The monoisotopic (exact) mass is 523 g/mol. The Morgan fingerprint density at radius 3 is 2.22 bits per heavy atom. The third-order valence-electron chi connectivity index (χ3n) is 5.98. The van der Waals surface area contributed by atoms with Crippen LogP contribution in [0, 0.1) is 11.8 Å². The fourth-order valence-electron chi connectivity index (χ4n) is 3.42. The largest absolute Gasteiger partial charge is 0.480 e. The normalized spacial score (nSPS) is 15.1. The number of aromatic nitrogens is 2. The number of carbonyl (C=O) groups excluding carboxylic acids is 3. The molecule has 0 aliphatic heterocycles. The number of aliphatic carboxylic acids is 1. The van der Waals surface area contributed by atoms with E-state index >= 15 is 0 Å². The fourth-order valence-corrected chi connectivity index (χ4v) is 3.42. The first kappa shape index (κ1) is 31.4. The van der Waals surface area contributed by atoms with Crippen LogP contribution in [0.1, 0.15) is 52.7 Å². The zero-order valence-electron chi connectivity index (χ0n) is 21.9. The Balaban J connectivity index is 3.01. The number of aliphatic imine (C=N–C) groups is 1. The Morgan fingerprint density at radius 1 is 1.05 bits per heavy atom. The van der Waals surface area contributed by atoms with Crippen molar-refractivity contribution in [1.29, 1.82) is 0 Å². The Kier molecular flexibility index (Phi) is 13.1. The van der Waals surface area contributed by atoms with Gasteiger partial charge in [-0.05, 0) is 24.7 Å². The van der Waals surface area contributed by atoms with Crippen LogP contribution in [0.5, 0.6) is 0 Å². The summed E-state index contributed by atoms with van der Waals surface area (Å²) in [4.78, 5) is 61.2. The van der Waals surface area contributed by atoms with E-state index in [1.54, 1.807) is 13.8 Å². The quantitative estimate of drug-likeness (QED) is 0.0718. The summed E-state index contributed by atoms with van der Waals surface area (Å²) in [5.74, 6) is -3.53. The average Bonchev–Trinajstić information content (AvgIpc) is 3.35. The highest BCUT2D eigenvalue weighted by atomic mass is 16.4. The summed E-state index contributed by atoms with van der Waals surface area (Å²) in [6.45, 7) is 7.45. The van der Waals surface area contributed by atoms with E-state index in [4.69, 9.17) is 17.2 Å². The molecule has 1 rings (SSSR count). The van der Waals surface area contributed by atoms with Crippen LogP contribution in [0.2, 0.25) is 0 Å². The van der Waals surface area contributed by atoms with Crippen molar-refractivity contribution in [1.82, 2.24) is 25.9 Å². The second kappa shape index (κ2) is 15.4. The molecule has 11 N–H and O–H groups in total. The van der Waals surface area contributed by atoms with Gasteiger partial charge in [-0.15, -0.1) is 0 Å². The van der Waals surface area contributed by atoms with Crippen LogP contribution in [-0.4, -0.2) is 75.4 Å². The lowest BCUT2D eigenvalue weighted by Crippen LogP contribution is -2.59. The van der Waals surface area contributed by atoms with Crippen LogP contribution in [0.25, 0.3) is 0 Å². The second-order valence-corrected chi connectivity index (χ2v) is 9.33. The van der Waals surface area contributed by atoms with Gasteiger partial charge in [0, 0.05) is 24.9 Å². The number of imidazole rings is 1. The predicted octanol–water partition coefficient (Wildman–Crippen LogP) is -1.43. The number of rotatable bonds is 16. The van der Waals surface area contributed by atoms with Gasteiger partial charge in [-0.25, -0.2) is 9.78 Å². The maximum absolute atomic E-state index is 13.2. The lowest BCUT2D eigenvalue weighted by molar-refractivity contribution is -0.142. The van der Waals surface area contributed by atoms with E-state index in [2.05, 4.69) is 30.9 Å². The Labute approximate surface area is 216 Å². The molecule has 5 atom stereocenters. The van der Waals surface area contributed by atoms with Gasteiger partial charge in [0.05, 0.1) is 12.4 Å². The van der Waals surface area contributed by atoms with Crippen molar-refractivity contribution < 1.29 is 24.3 Å². The standard InChI is InChI=1S/C23H41N9O5/c1-5-13(4)17(24)20(34)32-18(12(2)3)21(35)31-16(9-14-10-27-11-29-14)19(33)30-15(22(36)37)7-6-8-28-23(25)26/h10-13,15-18H,5-9,24H2,1-4H3,(H,27,29)(H,30,33)(H,31,35)(H,32,34)(H,36,37)(H4,25,26,28). The Bertz CT molecular complexity index is 916. The Hall–Kier alpha value is -3.68. The van der Waals surface area contributed by atoms with Crippen molar-refractivity contribution in [2.75, 3.05) is 6.54 Å². The molecule has 1 heterocycles.